The molecule has 0 bridgehead atoms. The summed E-state index contributed by atoms with van der Waals surface area (Å²) < 4.78 is 48.9. The summed E-state index contributed by atoms with van der Waals surface area (Å²) in [6.45, 7) is 10.6. The number of nitrogens with zero attached hydrogens (tertiary/aromatic N) is 6. The van der Waals surface area contributed by atoms with E-state index >= 15 is 4.39 Å². The third-order valence-corrected chi connectivity index (χ3v) is 11.5. The number of methoxy groups -OCH3 is 1. The minimum absolute atomic E-state index is 0.0125. The zero-order valence-electron chi connectivity index (χ0n) is 32.5. The van der Waals surface area contributed by atoms with Crippen molar-refractivity contribution in [2.45, 2.75) is 76.8 Å². The molecule has 56 heavy (non-hydrogen) atoms. The number of anilines is 1. The lowest BCUT2D eigenvalue weighted by Gasteiger charge is -2.35. The van der Waals surface area contributed by atoms with E-state index in [0.29, 0.717) is 36.3 Å². The van der Waals surface area contributed by atoms with Gasteiger partial charge in [-0.15, -0.1) is 6.42 Å². The maximum Gasteiger partial charge on any atom is 0.409 e. The number of nitrogens with one attached hydrogen (secondary N) is 1. The van der Waals surface area contributed by atoms with Crippen molar-refractivity contribution in [2.24, 2.45) is 0 Å². The van der Waals surface area contributed by atoms with Crippen molar-refractivity contribution >= 4 is 33.6 Å². The van der Waals surface area contributed by atoms with Crippen LogP contribution in [0.25, 0.3) is 32.9 Å². The van der Waals surface area contributed by atoms with Crippen molar-refractivity contribution in [2.75, 3.05) is 71.0 Å². The molecule has 4 saturated heterocycles. The molecule has 12 nitrogen and oxygen atoms in total. The number of likely N-dealkylation sites (tertiary alicyclic amines) is 1. The Hall–Kier alpha value is -5.00. The van der Waals surface area contributed by atoms with Crippen LogP contribution in [0.1, 0.15) is 70.8 Å². The maximum absolute atomic E-state index is 16.8. The van der Waals surface area contributed by atoms with Gasteiger partial charge in [-0.3, -0.25) is 4.90 Å². The molecule has 0 radical (unpaired) electrons. The Bertz CT molecular complexity index is 2110. The first-order chi connectivity index (χ1) is 27.3. The minimum atomic E-state index is -0.759. The van der Waals surface area contributed by atoms with Crippen LogP contribution < -0.4 is 19.7 Å². The van der Waals surface area contributed by atoms with Gasteiger partial charge in [0.05, 0.1) is 24.3 Å². The molecule has 5 aliphatic rings. The first-order valence-electron chi connectivity index (χ1n) is 19.9. The monoisotopic (exact) mass is 771 g/mol. The van der Waals surface area contributed by atoms with Crippen LogP contribution in [0, 0.1) is 24.0 Å². The number of carbonyl (C=O) groups excluding carboxylic acids is 1. The Kier molecular flexibility index (Phi) is 11.9. The molecule has 0 unspecified atom stereocenters. The largest absolute Gasteiger partial charge is 0.508 e. The second-order valence-electron chi connectivity index (χ2n) is 14.7. The van der Waals surface area contributed by atoms with Crippen LogP contribution in [0.15, 0.2) is 24.3 Å². The fraction of sp³-hybridized carbons (Fsp3) is 0.524. The summed E-state index contributed by atoms with van der Waals surface area (Å²) in [5.41, 5.74) is -0.124. The highest BCUT2D eigenvalue weighted by molar-refractivity contribution is 6.04. The molecule has 0 saturated carbocycles. The van der Waals surface area contributed by atoms with Gasteiger partial charge in [0, 0.05) is 43.7 Å². The minimum Gasteiger partial charge on any atom is -0.508 e. The summed E-state index contributed by atoms with van der Waals surface area (Å²) in [6, 6.07) is 5.53. The van der Waals surface area contributed by atoms with Crippen LogP contribution in [0.5, 0.6) is 17.6 Å². The van der Waals surface area contributed by atoms with Crippen LogP contribution in [-0.2, 0) is 4.74 Å². The van der Waals surface area contributed by atoms with Crippen molar-refractivity contribution < 1.29 is 32.9 Å². The van der Waals surface area contributed by atoms with Gasteiger partial charge < -0.3 is 34.4 Å². The molecule has 0 spiro atoms. The van der Waals surface area contributed by atoms with E-state index in [1.54, 1.807) is 4.90 Å². The third kappa shape index (κ3) is 7.46. The van der Waals surface area contributed by atoms with Crippen molar-refractivity contribution in [1.29, 1.82) is 0 Å². The number of carbonyl (C=O) groups is 1. The quantitative estimate of drug-likeness (QED) is 0.217. The number of halogens is 2. The highest BCUT2D eigenvalue weighted by atomic mass is 19.1. The first kappa shape index (κ1) is 39.2. The summed E-state index contributed by atoms with van der Waals surface area (Å²) in [7, 11) is 1.44. The SMILES string of the molecule is C#Cc1c(F)ccc2cc(O)cc(-c3nc4c5c(nc(OCC67CCCN6CCC7)nc5c3F)N3CCNC[C@H]3CO4)c12.CC.COC(=O)N1CCCCCC1. The highest BCUT2D eigenvalue weighted by Crippen LogP contribution is 2.44. The van der Waals surface area contributed by atoms with Gasteiger partial charge >= 0.3 is 12.1 Å². The number of pyridine rings is 1. The fourth-order valence-electron chi connectivity index (χ4n) is 8.82. The standard InChI is InChI=1S/C32H30F2N6O3.C8H15NO2.C2H6/c1-2-21-23(33)6-5-18-13-20(41)14-22(24(18)21)27-26(34)28-25-29(40-12-9-35-15-19(40)16-42-30(25)36-27)38-31(37-28)43-17-32-7-3-10-39(32)11-4-8-32;1-11-8(10)9-6-4-2-3-5-7-9;1-2/h1,5-6,13-14,19,35,41H,3-4,7-12,15-17H2;2-7H2,1H3;1-2H3/t19-;;/m0../s1. The van der Waals surface area contributed by atoms with Crippen LogP contribution in [-0.4, -0.2) is 114 Å². The molecule has 2 aromatic heterocycles. The van der Waals surface area contributed by atoms with Gasteiger partial charge in [0.2, 0.25) is 5.88 Å². The molecule has 4 fully saturated rings. The van der Waals surface area contributed by atoms with Gasteiger partial charge in [0.1, 0.15) is 47.2 Å². The second-order valence-corrected chi connectivity index (χ2v) is 14.7. The number of aromatic nitrogens is 3. The average Bonchev–Trinajstić information content (AvgIpc) is 3.63. The summed E-state index contributed by atoms with van der Waals surface area (Å²) in [5.74, 6) is 1.53. The summed E-state index contributed by atoms with van der Waals surface area (Å²) >= 11 is 0. The number of ether oxygens (including phenoxy) is 3. The number of aromatic hydroxyl groups is 1. The van der Waals surface area contributed by atoms with E-state index in [1.807, 2.05) is 13.8 Å². The number of hydrogen-bond donors (Lipinski definition) is 2. The molecule has 0 aliphatic carbocycles. The summed E-state index contributed by atoms with van der Waals surface area (Å²) in [4.78, 5) is 31.5. The zero-order chi connectivity index (χ0) is 39.4. The molecule has 4 aromatic rings. The molecule has 1 atom stereocenters. The molecule has 1 amide bonds. The van der Waals surface area contributed by atoms with Crippen LogP contribution in [0.3, 0.4) is 0 Å². The van der Waals surface area contributed by atoms with Gasteiger partial charge in [0.15, 0.2) is 5.82 Å². The Morgan fingerprint density at radius 2 is 1.77 bits per heavy atom. The van der Waals surface area contributed by atoms with Gasteiger partial charge in [-0.25, -0.2) is 18.6 Å². The van der Waals surface area contributed by atoms with Crippen LogP contribution in [0.4, 0.5) is 19.4 Å². The van der Waals surface area contributed by atoms with Crippen molar-refractivity contribution in [1.82, 2.24) is 30.1 Å². The molecule has 2 aromatic carbocycles. The molecule has 298 valence electrons. The number of amides is 1. The number of phenolic OH excluding ortho intramolecular Hbond substituents is 1. The predicted octanol–water partition coefficient (Wildman–Crippen LogP) is 6.64. The molecule has 2 N–H and O–H groups in total. The number of hydrogen-bond acceptors (Lipinski definition) is 11. The van der Waals surface area contributed by atoms with Gasteiger partial charge in [0.25, 0.3) is 0 Å². The number of phenols is 1. The topological polar surface area (TPSA) is 125 Å². The van der Waals surface area contributed by atoms with E-state index in [9.17, 15) is 14.3 Å². The summed E-state index contributed by atoms with van der Waals surface area (Å²) in [5, 5.41) is 15.0. The molecular weight excluding hydrogens is 721 g/mol. The lowest BCUT2D eigenvalue weighted by molar-refractivity contribution is 0.108. The Morgan fingerprint density at radius 1 is 1.02 bits per heavy atom. The zero-order valence-corrected chi connectivity index (χ0v) is 32.5. The molecular formula is C42H51F2N7O5. The van der Waals surface area contributed by atoms with Crippen molar-refractivity contribution in [3.8, 4) is 41.2 Å². The number of benzene rings is 2. The number of rotatable bonds is 4. The van der Waals surface area contributed by atoms with E-state index in [0.717, 1.165) is 71.2 Å². The van der Waals surface area contributed by atoms with Gasteiger partial charge in [-0.05, 0) is 75.2 Å². The lowest BCUT2D eigenvalue weighted by Crippen LogP contribution is -2.53. The Morgan fingerprint density at radius 3 is 2.48 bits per heavy atom. The average molecular weight is 772 g/mol. The second kappa shape index (κ2) is 17.0. The van der Waals surface area contributed by atoms with E-state index in [4.69, 9.17) is 20.9 Å². The fourth-order valence-corrected chi connectivity index (χ4v) is 8.82. The van der Waals surface area contributed by atoms with Crippen LogP contribution >= 0.6 is 0 Å². The molecule has 5 aliphatic heterocycles. The van der Waals surface area contributed by atoms with Gasteiger partial charge in [-0.2, -0.15) is 9.97 Å². The predicted molar refractivity (Wildman–Crippen MR) is 211 cm³/mol. The maximum atomic E-state index is 16.8. The normalized spacial score (nSPS) is 19.9. The number of terminal acetylenes is 1. The van der Waals surface area contributed by atoms with E-state index < -0.39 is 11.6 Å². The third-order valence-electron chi connectivity index (χ3n) is 11.5. The highest BCUT2D eigenvalue weighted by Gasteiger charge is 2.45. The van der Waals surface area contributed by atoms with E-state index in [2.05, 4.69) is 35.7 Å². The van der Waals surface area contributed by atoms with Gasteiger partial charge in [-0.1, -0.05) is 38.7 Å². The Labute approximate surface area is 326 Å². The lowest BCUT2D eigenvalue weighted by atomic mass is 9.95. The molecule has 9 rings (SSSR count). The Balaban J connectivity index is 0.000000318. The van der Waals surface area contributed by atoms with Crippen LogP contribution in [0.2, 0.25) is 0 Å². The molecule has 7 heterocycles. The van der Waals surface area contributed by atoms with E-state index in [1.165, 1.54) is 44.2 Å². The number of fused-ring (bicyclic) bond motifs is 4. The first-order valence-corrected chi connectivity index (χ1v) is 19.9. The smallest absolute Gasteiger partial charge is 0.409 e. The molecule has 14 heteroatoms. The van der Waals surface area contributed by atoms with Crippen molar-refractivity contribution in [3.05, 3.63) is 41.5 Å². The van der Waals surface area contributed by atoms with Crippen molar-refractivity contribution in [3.63, 3.8) is 0 Å². The van der Waals surface area contributed by atoms with E-state index in [-0.39, 0.29) is 69.6 Å². The summed E-state index contributed by atoms with van der Waals surface area (Å²) in [6.07, 6.45) is 14.6. The number of piperazine rings is 1.